The van der Waals surface area contributed by atoms with Crippen LogP contribution in [0.15, 0.2) is 12.2 Å². The minimum atomic E-state index is -1.39. The van der Waals surface area contributed by atoms with Gasteiger partial charge < -0.3 is 35.2 Å². The lowest BCUT2D eigenvalue weighted by Crippen LogP contribution is -2.56. The number of aliphatic hydroxyl groups is 1. The number of hydrogen-bond acceptors (Lipinski definition) is 7. The van der Waals surface area contributed by atoms with Crippen LogP contribution in [0.3, 0.4) is 0 Å². The first-order valence-corrected chi connectivity index (χ1v) is 12.1. The number of amides is 3. The van der Waals surface area contributed by atoms with E-state index >= 15 is 0 Å². The molecule has 0 spiro atoms. The Morgan fingerprint density at radius 2 is 2.06 bits per heavy atom. The van der Waals surface area contributed by atoms with Crippen LogP contribution in [0.5, 0.6) is 0 Å². The summed E-state index contributed by atoms with van der Waals surface area (Å²) >= 11 is 0. The summed E-state index contributed by atoms with van der Waals surface area (Å²) in [4.78, 5) is 52.2. The number of nitrogens with zero attached hydrogens (tertiary/aromatic N) is 1. The van der Waals surface area contributed by atoms with Gasteiger partial charge in [-0.2, -0.15) is 0 Å². The zero-order chi connectivity index (χ0) is 24.3. The highest BCUT2D eigenvalue weighted by molar-refractivity contribution is 5.96. The number of carbonyl (C=O) groups is 4. The van der Waals surface area contributed by atoms with Crippen LogP contribution in [0.2, 0.25) is 0 Å². The molecule has 3 aliphatic heterocycles. The molecule has 3 heterocycles. The summed E-state index contributed by atoms with van der Waals surface area (Å²) in [7, 11) is 0. The number of rotatable bonds is 3. The number of carboxylic acid groups (broad SMARTS) is 1. The number of nitrogens with one attached hydrogen (secondary N) is 2. The highest BCUT2D eigenvalue weighted by atomic mass is 16.6. The number of fused-ring (bicyclic) bond motifs is 2. The number of hydrogen-bond donors (Lipinski definition) is 4. The van der Waals surface area contributed by atoms with Crippen LogP contribution in [-0.2, 0) is 23.9 Å². The van der Waals surface area contributed by atoms with Crippen molar-refractivity contribution < 1.29 is 38.9 Å². The third-order valence-corrected chi connectivity index (χ3v) is 7.09. The molecule has 188 valence electrons. The summed E-state index contributed by atoms with van der Waals surface area (Å²) in [5.41, 5.74) is -1.39. The van der Waals surface area contributed by atoms with Gasteiger partial charge in [0, 0.05) is 25.3 Å². The second kappa shape index (κ2) is 10.3. The van der Waals surface area contributed by atoms with Crippen molar-refractivity contribution in [3.8, 4) is 0 Å². The Balaban J connectivity index is 1.51. The summed E-state index contributed by atoms with van der Waals surface area (Å²) in [6.07, 6.45) is 6.12. The predicted molar refractivity (Wildman–Crippen MR) is 118 cm³/mol. The molecule has 11 nitrogen and oxygen atoms in total. The Morgan fingerprint density at radius 1 is 1.24 bits per heavy atom. The minimum absolute atomic E-state index is 0.00432. The molecule has 0 aromatic rings. The number of carbonyl (C=O) groups excluding carboxylic acids is 3. The van der Waals surface area contributed by atoms with Gasteiger partial charge in [0.05, 0.1) is 19.3 Å². The highest BCUT2D eigenvalue weighted by Crippen LogP contribution is 2.45. The zero-order valence-corrected chi connectivity index (χ0v) is 19.1. The molecule has 2 saturated heterocycles. The number of aliphatic carboxylic acids is 1. The maximum atomic E-state index is 13.4. The van der Waals surface area contributed by atoms with Gasteiger partial charge in [0.15, 0.2) is 0 Å². The molecule has 0 aromatic carbocycles. The van der Waals surface area contributed by atoms with Gasteiger partial charge in [-0.05, 0) is 25.7 Å². The van der Waals surface area contributed by atoms with Gasteiger partial charge in [-0.1, -0.05) is 25.0 Å². The molecule has 1 aliphatic carbocycles. The van der Waals surface area contributed by atoms with E-state index in [-0.39, 0.29) is 31.4 Å². The summed E-state index contributed by atoms with van der Waals surface area (Å²) in [6.45, 7) is 0.756. The quantitative estimate of drug-likeness (QED) is 0.422. The molecule has 0 bridgehead atoms. The van der Waals surface area contributed by atoms with E-state index in [1.165, 1.54) is 4.90 Å². The first kappa shape index (κ1) is 24.5. The van der Waals surface area contributed by atoms with Crippen molar-refractivity contribution >= 4 is 23.9 Å². The largest absolute Gasteiger partial charge is 0.479 e. The van der Waals surface area contributed by atoms with Crippen LogP contribution in [0.4, 0.5) is 4.79 Å². The van der Waals surface area contributed by atoms with E-state index in [0.29, 0.717) is 32.5 Å². The van der Waals surface area contributed by atoms with Crippen LogP contribution >= 0.6 is 0 Å². The molecule has 11 heteroatoms. The van der Waals surface area contributed by atoms with Crippen LogP contribution in [0.1, 0.15) is 51.4 Å². The van der Waals surface area contributed by atoms with E-state index in [1.807, 2.05) is 12.2 Å². The summed E-state index contributed by atoms with van der Waals surface area (Å²) in [5.74, 6) is -2.52. The lowest BCUT2D eigenvalue weighted by molar-refractivity contribution is -0.145. The monoisotopic (exact) mass is 479 g/mol. The van der Waals surface area contributed by atoms with Gasteiger partial charge in [-0.25, -0.2) is 9.59 Å². The van der Waals surface area contributed by atoms with E-state index in [4.69, 9.17) is 9.47 Å². The van der Waals surface area contributed by atoms with Crippen molar-refractivity contribution in [1.29, 1.82) is 0 Å². The molecule has 4 N–H and O–H groups in total. The SMILES string of the molecule is O=C(N[C@H]1CCCCC/C=C\[C@@H]2C[C@@]2(C(=O)O)NC(=O)[C@@H]2C[C@@H](O)CN2C1=O)O[C@H]1CCOC1. The Bertz CT molecular complexity index is 842. The van der Waals surface area contributed by atoms with Crippen molar-refractivity contribution in [2.75, 3.05) is 19.8 Å². The summed E-state index contributed by atoms with van der Waals surface area (Å²) in [6, 6.07) is -1.93. The fourth-order valence-corrected chi connectivity index (χ4v) is 5.01. The highest BCUT2D eigenvalue weighted by Gasteiger charge is 2.61. The molecule has 34 heavy (non-hydrogen) atoms. The van der Waals surface area contributed by atoms with Gasteiger partial charge in [0.1, 0.15) is 23.7 Å². The maximum Gasteiger partial charge on any atom is 0.408 e. The molecule has 1 saturated carbocycles. The molecule has 4 aliphatic rings. The number of alkyl carbamates (subject to hydrolysis) is 1. The Kier molecular flexibility index (Phi) is 7.42. The number of allylic oxidation sites excluding steroid dienone is 1. The zero-order valence-electron chi connectivity index (χ0n) is 19.1. The van der Waals surface area contributed by atoms with Crippen molar-refractivity contribution in [2.45, 2.75) is 81.2 Å². The van der Waals surface area contributed by atoms with Crippen molar-refractivity contribution in [3.05, 3.63) is 12.2 Å². The molecule has 3 fully saturated rings. The Morgan fingerprint density at radius 3 is 2.79 bits per heavy atom. The van der Waals surface area contributed by atoms with E-state index in [9.17, 15) is 29.4 Å². The molecule has 6 atom stereocenters. The molecule has 0 radical (unpaired) electrons. The number of aliphatic hydroxyl groups excluding tert-OH is 1. The van der Waals surface area contributed by atoms with Crippen molar-refractivity contribution in [1.82, 2.24) is 15.5 Å². The van der Waals surface area contributed by atoms with Crippen LogP contribution in [0, 0.1) is 5.92 Å². The van der Waals surface area contributed by atoms with E-state index < -0.39 is 47.6 Å². The normalized spacial score (nSPS) is 37.4. The van der Waals surface area contributed by atoms with Crippen LogP contribution in [-0.4, -0.2) is 88.6 Å². The van der Waals surface area contributed by atoms with Crippen LogP contribution in [0.25, 0.3) is 0 Å². The predicted octanol–water partition coefficient (Wildman–Crippen LogP) is 0.312. The van der Waals surface area contributed by atoms with Gasteiger partial charge in [0.25, 0.3) is 0 Å². The number of ether oxygens (including phenoxy) is 2. The molecule has 4 rings (SSSR count). The standard InChI is InChI=1S/C23H33N3O8/c27-15-10-18-19(28)25-23(21(30)31)11-14(23)6-4-2-1-3-5-7-17(20(29)26(18)12-15)24-22(32)34-16-8-9-33-13-16/h4,6,14-18,27H,1-3,5,7-13H2,(H,24,32)(H,25,28)(H,30,31)/b6-4-/t14-,15-,16+,17+,18+,23-/m1/s1. The number of carboxylic acids is 1. The fourth-order valence-electron chi connectivity index (χ4n) is 5.01. The fraction of sp³-hybridized carbons (Fsp3) is 0.739. The average molecular weight is 480 g/mol. The topological polar surface area (TPSA) is 154 Å². The summed E-state index contributed by atoms with van der Waals surface area (Å²) < 4.78 is 10.6. The van der Waals surface area contributed by atoms with Crippen LogP contribution < -0.4 is 10.6 Å². The third kappa shape index (κ3) is 5.35. The lowest BCUT2D eigenvalue weighted by Gasteiger charge is -2.29. The van der Waals surface area contributed by atoms with Gasteiger partial charge in [-0.3, -0.25) is 9.59 Å². The van der Waals surface area contributed by atoms with Gasteiger partial charge >= 0.3 is 12.1 Å². The summed E-state index contributed by atoms with van der Waals surface area (Å²) in [5, 5.41) is 25.3. The van der Waals surface area contributed by atoms with E-state index in [0.717, 1.165) is 19.3 Å². The second-order valence-electron chi connectivity index (χ2n) is 9.63. The first-order valence-electron chi connectivity index (χ1n) is 12.1. The Labute approximate surface area is 197 Å². The van der Waals surface area contributed by atoms with Gasteiger partial charge in [-0.15, -0.1) is 0 Å². The molecule has 3 amide bonds. The smallest absolute Gasteiger partial charge is 0.408 e. The lowest BCUT2D eigenvalue weighted by atomic mass is 10.0. The third-order valence-electron chi connectivity index (χ3n) is 7.09. The molecular formula is C23H33N3O8. The second-order valence-corrected chi connectivity index (χ2v) is 9.63. The van der Waals surface area contributed by atoms with Crippen molar-refractivity contribution in [2.24, 2.45) is 5.92 Å². The van der Waals surface area contributed by atoms with E-state index in [1.54, 1.807) is 0 Å². The average Bonchev–Trinajstić information content (AvgIpc) is 3.10. The van der Waals surface area contributed by atoms with E-state index in [2.05, 4.69) is 10.6 Å². The Hall–Kier alpha value is -2.66. The maximum absolute atomic E-state index is 13.4. The first-order chi connectivity index (χ1) is 16.3. The minimum Gasteiger partial charge on any atom is -0.479 e. The van der Waals surface area contributed by atoms with Crippen molar-refractivity contribution in [3.63, 3.8) is 0 Å². The molecule has 0 unspecified atom stereocenters. The molecular weight excluding hydrogens is 446 g/mol. The van der Waals surface area contributed by atoms with Gasteiger partial charge in [0.2, 0.25) is 11.8 Å². The molecule has 0 aromatic heterocycles.